The molecule has 0 fully saturated rings. The summed E-state index contributed by atoms with van der Waals surface area (Å²) in [6.07, 6.45) is 2.74. The first kappa shape index (κ1) is 15.0. The van der Waals surface area contributed by atoms with Crippen LogP contribution in [-0.4, -0.2) is 20.4 Å². The van der Waals surface area contributed by atoms with Gasteiger partial charge in [0.15, 0.2) is 5.82 Å². The fraction of sp³-hybridized carbons (Fsp3) is 0.333. The minimum atomic E-state index is -0.551. The van der Waals surface area contributed by atoms with E-state index in [0.29, 0.717) is 25.2 Å². The van der Waals surface area contributed by atoms with Crippen LogP contribution < -0.4 is 22.3 Å². The number of amides is 1. The van der Waals surface area contributed by atoms with E-state index in [2.05, 4.69) is 15.3 Å². The van der Waals surface area contributed by atoms with Gasteiger partial charge in [-0.25, -0.2) is 9.97 Å². The highest BCUT2D eigenvalue weighted by Crippen LogP contribution is 2.23. The second-order valence-electron chi connectivity index (χ2n) is 5.56. The number of aromatic nitrogens is 3. The van der Waals surface area contributed by atoms with Crippen molar-refractivity contribution in [2.75, 3.05) is 11.5 Å². The number of carbonyl (C=O) groups is 1. The maximum atomic E-state index is 12.4. The highest BCUT2D eigenvalue weighted by atomic mass is 16.2. The van der Waals surface area contributed by atoms with Crippen molar-refractivity contribution < 1.29 is 4.79 Å². The van der Waals surface area contributed by atoms with Crippen LogP contribution in [0.15, 0.2) is 23.1 Å². The van der Waals surface area contributed by atoms with Crippen molar-refractivity contribution >= 4 is 17.5 Å². The van der Waals surface area contributed by atoms with E-state index in [0.717, 1.165) is 17.0 Å². The fourth-order valence-electron chi connectivity index (χ4n) is 2.80. The predicted octanol–water partition coefficient (Wildman–Crippen LogP) is -0.0852. The van der Waals surface area contributed by atoms with Crippen molar-refractivity contribution in [3.63, 3.8) is 0 Å². The van der Waals surface area contributed by atoms with Gasteiger partial charge in [0.1, 0.15) is 11.9 Å². The summed E-state index contributed by atoms with van der Waals surface area (Å²) in [5.74, 6) is 0.136. The standard InChI is InChI=1S/C15H18N6O2/c1-8-9(2-5-12(16)20-8)6-19-14(22)11-4-3-10-7-18-13(17)15(23)21(10)11/h2,5,7,11H,3-4,6H2,1H3,(H2,16,20)(H2,17,18)(H,19,22)/t11-/m0/s1. The molecule has 0 spiro atoms. The van der Waals surface area contributed by atoms with Gasteiger partial charge in [-0.15, -0.1) is 0 Å². The van der Waals surface area contributed by atoms with Crippen LogP contribution in [0.4, 0.5) is 11.6 Å². The summed E-state index contributed by atoms with van der Waals surface area (Å²) in [7, 11) is 0. The van der Waals surface area contributed by atoms with Crippen molar-refractivity contribution in [2.45, 2.75) is 32.4 Å². The Kier molecular flexibility index (Phi) is 3.73. The maximum Gasteiger partial charge on any atom is 0.294 e. The minimum absolute atomic E-state index is 0.0907. The number of carbonyl (C=O) groups excluding carboxylic acids is 1. The Hall–Kier alpha value is -2.90. The summed E-state index contributed by atoms with van der Waals surface area (Å²) in [6.45, 7) is 2.17. The van der Waals surface area contributed by atoms with E-state index >= 15 is 0 Å². The number of aryl methyl sites for hydroxylation is 2. The molecule has 3 rings (SSSR count). The molecule has 0 bridgehead atoms. The van der Waals surface area contributed by atoms with Crippen LogP contribution in [0.5, 0.6) is 0 Å². The van der Waals surface area contributed by atoms with Crippen molar-refractivity contribution in [2.24, 2.45) is 0 Å². The molecule has 2 aromatic rings. The number of nitrogens with two attached hydrogens (primary N) is 2. The average Bonchev–Trinajstić information content (AvgIpc) is 2.94. The van der Waals surface area contributed by atoms with E-state index in [1.807, 2.05) is 13.0 Å². The zero-order valence-electron chi connectivity index (χ0n) is 12.7. The van der Waals surface area contributed by atoms with Crippen LogP contribution in [0.2, 0.25) is 0 Å². The van der Waals surface area contributed by atoms with Gasteiger partial charge in [0, 0.05) is 24.1 Å². The van der Waals surface area contributed by atoms with Gasteiger partial charge in [0.2, 0.25) is 5.91 Å². The highest BCUT2D eigenvalue weighted by molar-refractivity contribution is 5.81. The Labute approximate surface area is 132 Å². The Morgan fingerprint density at radius 1 is 1.43 bits per heavy atom. The first-order valence-electron chi connectivity index (χ1n) is 7.33. The van der Waals surface area contributed by atoms with Crippen molar-refractivity contribution in [1.82, 2.24) is 19.9 Å². The lowest BCUT2D eigenvalue weighted by Crippen LogP contribution is -2.36. The summed E-state index contributed by atoms with van der Waals surface area (Å²) in [6, 6.07) is 2.97. The highest BCUT2D eigenvalue weighted by Gasteiger charge is 2.30. The van der Waals surface area contributed by atoms with E-state index in [4.69, 9.17) is 11.5 Å². The molecule has 0 unspecified atom stereocenters. The molecule has 8 nitrogen and oxygen atoms in total. The molecule has 120 valence electrons. The van der Waals surface area contributed by atoms with Gasteiger partial charge < -0.3 is 16.8 Å². The largest absolute Gasteiger partial charge is 0.384 e. The topological polar surface area (TPSA) is 129 Å². The normalized spacial score (nSPS) is 16.1. The van der Waals surface area contributed by atoms with Crippen LogP contribution in [0, 0.1) is 6.92 Å². The Bertz CT molecular complexity index is 829. The van der Waals surface area contributed by atoms with Crippen LogP contribution in [0.1, 0.15) is 29.4 Å². The number of fused-ring (bicyclic) bond motifs is 1. The molecule has 1 aliphatic heterocycles. The molecular weight excluding hydrogens is 296 g/mol. The van der Waals surface area contributed by atoms with Crippen LogP contribution in [0.3, 0.4) is 0 Å². The van der Waals surface area contributed by atoms with E-state index < -0.39 is 11.6 Å². The van der Waals surface area contributed by atoms with Gasteiger partial charge in [-0.3, -0.25) is 14.2 Å². The minimum Gasteiger partial charge on any atom is -0.384 e. The van der Waals surface area contributed by atoms with Crippen LogP contribution in [0.25, 0.3) is 0 Å². The van der Waals surface area contributed by atoms with Crippen molar-refractivity contribution in [3.8, 4) is 0 Å². The number of rotatable bonds is 3. The number of anilines is 2. The molecule has 0 aliphatic carbocycles. The molecule has 1 aliphatic rings. The van der Waals surface area contributed by atoms with Crippen LogP contribution >= 0.6 is 0 Å². The molecular formula is C15H18N6O2. The summed E-state index contributed by atoms with van der Waals surface area (Å²) in [4.78, 5) is 32.6. The molecule has 8 heteroatoms. The van der Waals surface area contributed by atoms with Gasteiger partial charge in [-0.2, -0.15) is 0 Å². The van der Waals surface area contributed by atoms with E-state index in [-0.39, 0.29) is 11.7 Å². The molecule has 1 amide bonds. The third kappa shape index (κ3) is 2.75. The monoisotopic (exact) mass is 314 g/mol. The molecule has 0 aromatic carbocycles. The Balaban J connectivity index is 1.76. The molecule has 23 heavy (non-hydrogen) atoms. The number of pyridine rings is 1. The number of nitrogens with zero attached hydrogens (tertiary/aromatic N) is 3. The van der Waals surface area contributed by atoms with E-state index in [9.17, 15) is 9.59 Å². The number of nitrogens with one attached hydrogen (secondary N) is 1. The van der Waals surface area contributed by atoms with Crippen LogP contribution in [-0.2, 0) is 17.8 Å². The maximum absolute atomic E-state index is 12.4. The molecule has 0 radical (unpaired) electrons. The van der Waals surface area contributed by atoms with Gasteiger partial charge >= 0.3 is 0 Å². The van der Waals surface area contributed by atoms with Crippen molar-refractivity contribution in [3.05, 3.63) is 45.6 Å². The van der Waals surface area contributed by atoms with E-state index in [1.54, 1.807) is 12.3 Å². The second kappa shape index (κ2) is 5.71. The number of hydrogen-bond donors (Lipinski definition) is 3. The number of nitrogen functional groups attached to an aromatic ring is 2. The van der Waals surface area contributed by atoms with Crippen molar-refractivity contribution in [1.29, 1.82) is 0 Å². The Morgan fingerprint density at radius 3 is 2.96 bits per heavy atom. The average molecular weight is 314 g/mol. The summed E-state index contributed by atoms with van der Waals surface area (Å²) in [5, 5.41) is 2.85. The predicted molar refractivity (Wildman–Crippen MR) is 85.5 cm³/mol. The van der Waals surface area contributed by atoms with Gasteiger partial charge in [-0.05, 0) is 31.4 Å². The third-order valence-corrected chi connectivity index (χ3v) is 4.06. The lowest BCUT2D eigenvalue weighted by molar-refractivity contribution is -0.124. The Morgan fingerprint density at radius 2 is 2.22 bits per heavy atom. The smallest absolute Gasteiger partial charge is 0.294 e. The van der Waals surface area contributed by atoms with Gasteiger partial charge in [0.25, 0.3) is 5.56 Å². The summed E-state index contributed by atoms with van der Waals surface area (Å²) < 4.78 is 1.44. The molecule has 0 saturated heterocycles. The SMILES string of the molecule is Cc1nc(N)ccc1CNC(=O)[C@@H]1CCc2cnc(N)c(=O)n21. The first-order valence-corrected chi connectivity index (χ1v) is 7.33. The first-order chi connectivity index (χ1) is 11.0. The number of hydrogen-bond acceptors (Lipinski definition) is 6. The molecule has 0 saturated carbocycles. The lowest BCUT2D eigenvalue weighted by Gasteiger charge is -2.15. The van der Waals surface area contributed by atoms with E-state index in [1.165, 1.54) is 4.57 Å². The van der Waals surface area contributed by atoms with Gasteiger partial charge in [0.05, 0.1) is 0 Å². The molecule has 5 N–H and O–H groups in total. The zero-order chi connectivity index (χ0) is 16.6. The second-order valence-corrected chi connectivity index (χ2v) is 5.56. The quantitative estimate of drug-likeness (QED) is 0.726. The fourth-order valence-corrected chi connectivity index (χ4v) is 2.80. The molecule has 2 aromatic heterocycles. The molecule has 3 heterocycles. The molecule has 1 atom stereocenters. The zero-order valence-corrected chi connectivity index (χ0v) is 12.7. The summed E-state index contributed by atoms with van der Waals surface area (Å²) >= 11 is 0. The third-order valence-electron chi connectivity index (χ3n) is 4.06. The van der Waals surface area contributed by atoms with Gasteiger partial charge in [-0.1, -0.05) is 6.07 Å². The lowest BCUT2D eigenvalue weighted by atomic mass is 10.1. The summed E-state index contributed by atoms with van der Waals surface area (Å²) in [5.41, 5.74) is 13.1.